The summed E-state index contributed by atoms with van der Waals surface area (Å²) in [6.07, 6.45) is 0. The summed E-state index contributed by atoms with van der Waals surface area (Å²) < 4.78 is 4.59. The first-order valence-corrected chi connectivity index (χ1v) is 6.74. The zero-order valence-corrected chi connectivity index (χ0v) is 12.7. The van der Waals surface area contributed by atoms with E-state index in [4.69, 9.17) is 11.6 Å². The predicted molar refractivity (Wildman–Crippen MR) is 83.8 cm³/mol. The summed E-state index contributed by atoms with van der Waals surface area (Å²) >= 11 is 5.79. The Morgan fingerprint density at radius 1 is 1.22 bits per heavy atom. The molecule has 0 aliphatic carbocycles. The highest BCUT2D eigenvalue weighted by Crippen LogP contribution is 2.24. The molecule has 0 heterocycles. The number of rotatable bonds is 4. The molecule has 0 spiro atoms. The van der Waals surface area contributed by atoms with Gasteiger partial charge < -0.3 is 10.1 Å². The van der Waals surface area contributed by atoms with Crippen LogP contribution in [-0.2, 0) is 4.74 Å². The van der Waals surface area contributed by atoms with Crippen LogP contribution in [0, 0.1) is 10.1 Å². The molecule has 1 amide bonds. The zero-order chi connectivity index (χ0) is 17.0. The van der Waals surface area contributed by atoms with Gasteiger partial charge in [0.2, 0.25) is 0 Å². The van der Waals surface area contributed by atoms with Crippen LogP contribution in [0.15, 0.2) is 42.5 Å². The topological polar surface area (TPSA) is 98.5 Å². The van der Waals surface area contributed by atoms with Gasteiger partial charge in [-0.2, -0.15) is 0 Å². The van der Waals surface area contributed by atoms with E-state index in [1.807, 2.05) is 0 Å². The van der Waals surface area contributed by atoms with E-state index in [0.717, 1.165) is 6.07 Å². The van der Waals surface area contributed by atoms with Gasteiger partial charge in [0.15, 0.2) is 0 Å². The van der Waals surface area contributed by atoms with Crippen LogP contribution in [0.25, 0.3) is 0 Å². The molecule has 0 saturated heterocycles. The van der Waals surface area contributed by atoms with Gasteiger partial charge in [-0.1, -0.05) is 17.7 Å². The number of nitro groups is 1. The lowest BCUT2D eigenvalue weighted by atomic mass is 10.1. The largest absolute Gasteiger partial charge is 0.465 e. The molecule has 118 valence electrons. The van der Waals surface area contributed by atoms with E-state index in [-0.39, 0.29) is 21.8 Å². The number of ether oxygens (including phenoxy) is 1. The first kappa shape index (κ1) is 16.4. The zero-order valence-electron chi connectivity index (χ0n) is 11.9. The molecule has 2 aromatic rings. The highest BCUT2D eigenvalue weighted by atomic mass is 35.5. The van der Waals surface area contributed by atoms with Crippen molar-refractivity contribution in [3.63, 3.8) is 0 Å². The average molecular weight is 335 g/mol. The number of hydrogen-bond acceptors (Lipinski definition) is 5. The third kappa shape index (κ3) is 3.83. The molecular weight excluding hydrogens is 324 g/mol. The van der Waals surface area contributed by atoms with Gasteiger partial charge in [-0.3, -0.25) is 14.9 Å². The molecule has 0 aliphatic rings. The van der Waals surface area contributed by atoms with Crippen LogP contribution in [-0.4, -0.2) is 23.9 Å². The Morgan fingerprint density at radius 2 is 1.96 bits per heavy atom. The van der Waals surface area contributed by atoms with Gasteiger partial charge in [0, 0.05) is 16.8 Å². The molecule has 0 aromatic heterocycles. The normalized spacial score (nSPS) is 10.0. The fourth-order valence-corrected chi connectivity index (χ4v) is 2.06. The molecule has 0 aliphatic heterocycles. The molecule has 8 heteroatoms. The minimum Gasteiger partial charge on any atom is -0.465 e. The third-order valence-electron chi connectivity index (χ3n) is 2.94. The summed E-state index contributed by atoms with van der Waals surface area (Å²) in [7, 11) is 1.24. The number of methoxy groups -OCH3 is 1. The van der Waals surface area contributed by atoms with E-state index < -0.39 is 16.8 Å². The van der Waals surface area contributed by atoms with Crippen molar-refractivity contribution in [1.82, 2.24) is 0 Å². The van der Waals surface area contributed by atoms with Crippen LogP contribution in [0.2, 0.25) is 5.02 Å². The van der Waals surface area contributed by atoms with Crippen LogP contribution < -0.4 is 5.32 Å². The van der Waals surface area contributed by atoms with Gasteiger partial charge in [0.1, 0.15) is 5.56 Å². The molecule has 1 N–H and O–H groups in total. The fraction of sp³-hybridized carbons (Fsp3) is 0.0667. The van der Waals surface area contributed by atoms with Crippen molar-refractivity contribution in [2.75, 3.05) is 12.4 Å². The third-order valence-corrected chi connectivity index (χ3v) is 3.18. The van der Waals surface area contributed by atoms with Gasteiger partial charge in [-0.15, -0.1) is 0 Å². The maximum atomic E-state index is 12.3. The van der Waals surface area contributed by atoms with Crippen LogP contribution >= 0.6 is 11.6 Å². The second-order valence-corrected chi connectivity index (χ2v) is 4.88. The Morgan fingerprint density at radius 3 is 2.61 bits per heavy atom. The van der Waals surface area contributed by atoms with Crippen molar-refractivity contribution in [2.45, 2.75) is 0 Å². The predicted octanol–water partition coefficient (Wildman–Crippen LogP) is 3.29. The second kappa shape index (κ2) is 6.89. The minimum absolute atomic E-state index is 0.175. The molecule has 0 unspecified atom stereocenters. The molecule has 2 rings (SSSR count). The van der Waals surface area contributed by atoms with E-state index in [0.29, 0.717) is 5.69 Å². The highest BCUT2D eigenvalue weighted by molar-refractivity contribution is 6.31. The lowest BCUT2D eigenvalue weighted by Gasteiger charge is -2.07. The molecule has 0 saturated carbocycles. The Kier molecular flexibility index (Phi) is 4.92. The Hall–Kier alpha value is -2.93. The summed E-state index contributed by atoms with van der Waals surface area (Å²) in [6, 6.07) is 9.70. The number of anilines is 1. The number of nitro benzene ring substituents is 1. The van der Waals surface area contributed by atoms with Crippen LogP contribution in [0.4, 0.5) is 11.4 Å². The van der Waals surface area contributed by atoms with Gasteiger partial charge in [0.05, 0.1) is 17.6 Å². The maximum absolute atomic E-state index is 12.3. The first-order chi connectivity index (χ1) is 10.9. The first-order valence-electron chi connectivity index (χ1n) is 6.36. The number of esters is 1. The lowest BCUT2D eigenvalue weighted by Crippen LogP contribution is -2.14. The van der Waals surface area contributed by atoms with E-state index >= 15 is 0 Å². The highest BCUT2D eigenvalue weighted by Gasteiger charge is 2.20. The quantitative estimate of drug-likeness (QED) is 0.525. The SMILES string of the molecule is COC(=O)c1cccc(NC(=O)c2cc(Cl)ccc2[N+](=O)[O-])c1. The van der Waals surface area contributed by atoms with Crippen molar-refractivity contribution in [1.29, 1.82) is 0 Å². The number of halogens is 1. The summed E-state index contributed by atoms with van der Waals surface area (Å²) in [6.45, 7) is 0. The van der Waals surface area contributed by atoms with Crippen molar-refractivity contribution in [3.05, 3.63) is 68.7 Å². The summed E-state index contributed by atoms with van der Waals surface area (Å²) in [4.78, 5) is 34.0. The summed E-state index contributed by atoms with van der Waals surface area (Å²) in [5, 5.41) is 13.7. The molecule has 2 aromatic carbocycles. The number of benzene rings is 2. The summed E-state index contributed by atoms with van der Waals surface area (Å²) in [5.41, 5.74) is 0.0000564. The summed E-state index contributed by atoms with van der Waals surface area (Å²) in [5.74, 6) is -1.27. The number of amides is 1. The van der Waals surface area contributed by atoms with E-state index in [1.54, 1.807) is 12.1 Å². The number of carbonyl (C=O) groups excluding carboxylic acids is 2. The lowest BCUT2D eigenvalue weighted by molar-refractivity contribution is -0.385. The molecule has 0 atom stereocenters. The van der Waals surface area contributed by atoms with Crippen molar-refractivity contribution in [3.8, 4) is 0 Å². The number of hydrogen-bond donors (Lipinski definition) is 1. The second-order valence-electron chi connectivity index (χ2n) is 4.45. The van der Waals surface area contributed by atoms with Crippen molar-refractivity contribution < 1.29 is 19.2 Å². The molecule has 0 fully saturated rings. The Labute approximate surface area is 136 Å². The van der Waals surface area contributed by atoms with E-state index in [2.05, 4.69) is 10.1 Å². The number of carbonyl (C=O) groups is 2. The van der Waals surface area contributed by atoms with Gasteiger partial charge in [-0.25, -0.2) is 4.79 Å². The van der Waals surface area contributed by atoms with Crippen LogP contribution in [0.1, 0.15) is 20.7 Å². The standard InChI is InChI=1S/C15H11ClN2O5/c1-23-15(20)9-3-2-4-11(7-9)17-14(19)12-8-10(16)5-6-13(12)18(21)22/h2-8H,1H3,(H,17,19). The Bertz CT molecular complexity index is 791. The molecule has 0 bridgehead atoms. The Balaban J connectivity index is 2.31. The molecule has 0 radical (unpaired) electrons. The van der Waals surface area contributed by atoms with Gasteiger partial charge in [0.25, 0.3) is 11.6 Å². The fourth-order valence-electron chi connectivity index (χ4n) is 1.89. The molecular formula is C15H11ClN2O5. The maximum Gasteiger partial charge on any atom is 0.337 e. The average Bonchev–Trinajstić information content (AvgIpc) is 2.53. The van der Waals surface area contributed by atoms with Crippen LogP contribution in [0.3, 0.4) is 0 Å². The molecule has 23 heavy (non-hydrogen) atoms. The van der Waals surface area contributed by atoms with Gasteiger partial charge in [-0.05, 0) is 30.3 Å². The number of nitrogens with one attached hydrogen (secondary N) is 1. The van der Waals surface area contributed by atoms with Crippen molar-refractivity contribution in [2.24, 2.45) is 0 Å². The van der Waals surface area contributed by atoms with E-state index in [9.17, 15) is 19.7 Å². The smallest absolute Gasteiger partial charge is 0.337 e. The number of nitrogens with zero attached hydrogens (tertiary/aromatic N) is 1. The monoisotopic (exact) mass is 334 g/mol. The molecule has 7 nitrogen and oxygen atoms in total. The van der Waals surface area contributed by atoms with Gasteiger partial charge >= 0.3 is 5.97 Å². The van der Waals surface area contributed by atoms with Crippen molar-refractivity contribution >= 4 is 34.9 Å². The van der Waals surface area contributed by atoms with Crippen LogP contribution in [0.5, 0.6) is 0 Å². The minimum atomic E-state index is -0.707. The van der Waals surface area contributed by atoms with E-state index in [1.165, 1.54) is 31.4 Å².